The number of rotatable bonds is 7. The number of fused-ring (bicyclic) bond motifs is 2. The van der Waals surface area contributed by atoms with E-state index in [1.807, 2.05) is 18.2 Å². The van der Waals surface area contributed by atoms with E-state index in [4.69, 9.17) is 14.2 Å². The van der Waals surface area contributed by atoms with Crippen molar-refractivity contribution in [1.29, 1.82) is 0 Å². The number of carbonyl (C=O) groups is 2. The van der Waals surface area contributed by atoms with E-state index in [0.717, 1.165) is 73.7 Å². The molecule has 0 bridgehead atoms. The molecule has 1 aromatic heterocycles. The first-order chi connectivity index (χ1) is 18.0. The lowest BCUT2D eigenvalue weighted by Crippen LogP contribution is -2.37. The number of Topliss-reactive ketones (excluding diaryl/α,β-unsaturated/α-hetero) is 1. The average Bonchev–Trinajstić information content (AvgIpc) is 3.37. The van der Waals surface area contributed by atoms with E-state index >= 15 is 0 Å². The van der Waals surface area contributed by atoms with Crippen LogP contribution in [-0.2, 0) is 11.3 Å². The zero-order chi connectivity index (χ0) is 25.9. The number of nitrogens with zero attached hydrogens (tertiary/aromatic N) is 2. The lowest BCUT2D eigenvalue weighted by Gasteiger charge is -2.26. The number of methoxy groups -OCH3 is 1. The molecule has 0 saturated carbocycles. The molecule has 2 aliphatic rings. The third-order valence-corrected chi connectivity index (χ3v) is 6.97. The van der Waals surface area contributed by atoms with Gasteiger partial charge >= 0.3 is 6.03 Å². The highest BCUT2D eigenvalue weighted by molar-refractivity contribution is 6.16. The summed E-state index contributed by atoms with van der Waals surface area (Å²) in [7, 11) is 3.18. The van der Waals surface area contributed by atoms with Gasteiger partial charge in [0.15, 0.2) is 5.76 Å². The van der Waals surface area contributed by atoms with Gasteiger partial charge in [-0.25, -0.2) is 4.79 Å². The number of nitrogens with one attached hydrogen (secondary N) is 2. The summed E-state index contributed by atoms with van der Waals surface area (Å²) in [6.45, 7) is 7.48. The molecule has 9 heteroatoms. The van der Waals surface area contributed by atoms with Crippen LogP contribution in [0.25, 0.3) is 17.0 Å². The summed E-state index contributed by atoms with van der Waals surface area (Å²) in [4.78, 5) is 27.4. The number of hydrogen-bond acceptors (Lipinski definition) is 6. The molecular weight excluding hydrogens is 472 g/mol. The van der Waals surface area contributed by atoms with Gasteiger partial charge in [-0.2, -0.15) is 0 Å². The fourth-order valence-corrected chi connectivity index (χ4v) is 4.95. The maximum absolute atomic E-state index is 13.3. The molecule has 194 valence electrons. The van der Waals surface area contributed by atoms with Crippen LogP contribution in [0.5, 0.6) is 11.5 Å². The average molecular weight is 505 g/mol. The number of amides is 2. The van der Waals surface area contributed by atoms with Gasteiger partial charge in [0, 0.05) is 61.1 Å². The highest BCUT2D eigenvalue weighted by atomic mass is 16.5. The number of allylic oxidation sites excluding steroid dienone is 1. The van der Waals surface area contributed by atoms with E-state index in [-0.39, 0.29) is 17.6 Å². The molecule has 0 radical (unpaired) electrons. The predicted octanol–water partition coefficient (Wildman–Crippen LogP) is 4.05. The highest BCUT2D eigenvalue weighted by Crippen LogP contribution is 2.37. The Bertz CT molecular complexity index is 1370. The van der Waals surface area contributed by atoms with Crippen molar-refractivity contribution in [2.24, 2.45) is 0 Å². The Hall–Kier alpha value is -3.82. The number of aryl methyl sites for hydroxylation is 1. The molecule has 2 aromatic carbocycles. The number of hydrogen-bond donors (Lipinski definition) is 2. The summed E-state index contributed by atoms with van der Waals surface area (Å²) in [6.07, 6.45) is 2.83. The molecule has 9 nitrogen and oxygen atoms in total. The first kappa shape index (κ1) is 24.9. The van der Waals surface area contributed by atoms with Crippen molar-refractivity contribution < 1.29 is 23.8 Å². The third kappa shape index (κ3) is 5.05. The molecular formula is C28H32N4O5. The van der Waals surface area contributed by atoms with Crippen molar-refractivity contribution in [2.45, 2.75) is 19.9 Å². The number of anilines is 1. The van der Waals surface area contributed by atoms with Crippen molar-refractivity contribution in [3.63, 3.8) is 0 Å². The van der Waals surface area contributed by atoms with Crippen molar-refractivity contribution in [3.05, 3.63) is 59.0 Å². The topological polar surface area (TPSA) is 94.1 Å². The summed E-state index contributed by atoms with van der Waals surface area (Å²) >= 11 is 0. The molecule has 1 saturated heterocycles. The quantitative estimate of drug-likeness (QED) is 0.472. The zero-order valence-corrected chi connectivity index (χ0v) is 21.4. The second kappa shape index (κ2) is 10.7. The Balaban J connectivity index is 1.45. The first-order valence-electron chi connectivity index (χ1n) is 12.5. The summed E-state index contributed by atoms with van der Waals surface area (Å²) in [5.74, 6) is 1.27. The van der Waals surface area contributed by atoms with Gasteiger partial charge in [-0.15, -0.1) is 0 Å². The predicted molar refractivity (Wildman–Crippen MR) is 143 cm³/mol. The van der Waals surface area contributed by atoms with Crippen LogP contribution in [-0.4, -0.2) is 68.3 Å². The Morgan fingerprint density at radius 1 is 1.14 bits per heavy atom. The number of urea groups is 1. The van der Waals surface area contributed by atoms with E-state index in [1.165, 1.54) is 7.05 Å². The number of benzene rings is 2. The largest absolute Gasteiger partial charge is 0.497 e. The molecule has 2 aliphatic heterocycles. The smallest absolute Gasteiger partial charge is 0.318 e. The van der Waals surface area contributed by atoms with Crippen molar-refractivity contribution >= 4 is 34.5 Å². The fourth-order valence-electron chi connectivity index (χ4n) is 4.95. The van der Waals surface area contributed by atoms with Crippen molar-refractivity contribution in [3.8, 4) is 11.5 Å². The summed E-state index contributed by atoms with van der Waals surface area (Å²) in [5, 5.41) is 6.20. The molecule has 0 unspecified atom stereocenters. The number of morpholine rings is 1. The van der Waals surface area contributed by atoms with Crippen LogP contribution >= 0.6 is 0 Å². The number of ketones is 1. The lowest BCUT2D eigenvalue weighted by molar-refractivity contribution is 0.0369. The Labute approximate surface area is 216 Å². The third-order valence-electron chi connectivity index (χ3n) is 6.97. The Kier molecular flexibility index (Phi) is 7.16. The van der Waals surface area contributed by atoms with E-state index < -0.39 is 0 Å². The van der Waals surface area contributed by atoms with E-state index in [0.29, 0.717) is 17.0 Å². The minimum atomic E-state index is -0.354. The zero-order valence-electron chi connectivity index (χ0n) is 21.4. The number of ether oxygens (including phenoxy) is 3. The second-order valence-electron chi connectivity index (χ2n) is 9.20. The molecule has 0 aliphatic carbocycles. The molecule has 2 N–H and O–H groups in total. The first-order valence-corrected chi connectivity index (χ1v) is 12.5. The molecule has 0 spiro atoms. The number of carbonyl (C=O) groups excluding carboxylic acids is 2. The van der Waals surface area contributed by atoms with Crippen molar-refractivity contribution in [1.82, 2.24) is 14.8 Å². The van der Waals surface area contributed by atoms with Gasteiger partial charge in [-0.1, -0.05) is 0 Å². The summed E-state index contributed by atoms with van der Waals surface area (Å²) in [6, 6.07) is 10.7. The lowest BCUT2D eigenvalue weighted by atomic mass is 10.1. The SMILES string of the molecule is CNC(=O)Nc1ccc2c(c1)C(=O)/C(=C/c1c(C)n(CCCN3CCOCC3)c3ccc(OC)cc13)O2. The molecule has 1 fully saturated rings. The molecule has 5 rings (SSSR count). The highest BCUT2D eigenvalue weighted by Gasteiger charge is 2.29. The minimum absolute atomic E-state index is 0.217. The molecule has 0 atom stereocenters. The molecule has 3 aromatic rings. The molecule has 3 heterocycles. The van der Waals surface area contributed by atoms with Gasteiger partial charge in [-0.05, 0) is 55.8 Å². The van der Waals surface area contributed by atoms with Crippen LogP contribution < -0.4 is 20.1 Å². The van der Waals surface area contributed by atoms with Crippen LogP contribution in [0.3, 0.4) is 0 Å². The van der Waals surface area contributed by atoms with Crippen LogP contribution in [0.1, 0.15) is 28.0 Å². The molecule has 2 amide bonds. The van der Waals surface area contributed by atoms with Crippen LogP contribution in [0.15, 0.2) is 42.2 Å². The molecule has 37 heavy (non-hydrogen) atoms. The van der Waals surface area contributed by atoms with Gasteiger partial charge < -0.3 is 29.4 Å². The van der Waals surface area contributed by atoms with E-state index in [2.05, 4.69) is 33.1 Å². The van der Waals surface area contributed by atoms with Crippen molar-refractivity contribution in [2.75, 3.05) is 52.3 Å². The van der Waals surface area contributed by atoms with Crippen LogP contribution in [0, 0.1) is 6.92 Å². The number of aromatic nitrogens is 1. The Morgan fingerprint density at radius 2 is 1.95 bits per heavy atom. The monoisotopic (exact) mass is 504 g/mol. The second-order valence-corrected chi connectivity index (χ2v) is 9.20. The van der Waals surface area contributed by atoms with Gasteiger partial charge in [-0.3, -0.25) is 9.69 Å². The summed E-state index contributed by atoms with van der Waals surface area (Å²) in [5.41, 5.74) is 4.03. The summed E-state index contributed by atoms with van der Waals surface area (Å²) < 4.78 is 19.2. The standard InChI is InChI=1S/C28H32N4O5/c1-18-21(17-26-27(33)23-15-19(30-28(34)29-2)5-8-25(23)37-26)22-16-20(35-3)6-7-24(22)32(18)10-4-9-31-11-13-36-14-12-31/h5-8,15-17H,4,9-14H2,1-3H3,(H2,29,30,34)/b26-17-. The van der Waals surface area contributed by atoms with Crippen LogP contribution in [0.2, 0.25) is 0 Å². The van der Waals surface area contributed by atoms with E-state index in [1.54, 1.807) is 25.3 Å². The van der Waals surface area contributed by atoms with E-state index in [9.17, 15) is 9.59 Å². The van der Waals surface area contributed by atoms with Crippen LogP contribution in [0.4, 0.5) is 10.5 Å². The van der Waals surface area contributed by atoms with Gasteiger partial charge in [0.25, 0.3) is 0 Å². The van der Waals surface area contributed by atoms with Gasteiger partial charge in [0.05, 0.1) is 25.9 Å². The Morgan fingerprint density at radius 3 is 2.70 bits per heavy atom. The maximum atomic E-state index is 13.3. The fraction of sp³-hybridized carbons (Fsp3) is 0.357. The van der Waals surface area contributed by atoms with Gasteiger partial charge in [0.1, 0.15) is 11.5 Å². The maximum Gasteiger partial charge on any atom is 0.318 e. The van der Waals surface area contributed by atoms with Gasteiger partial charge in [0.2, 0.25) is 5.78 Å². The minimum Gasteiger partial charge on any atom is -0.497 e. The normalized spacial score (nSPS) is 16.6.